The van der Waals surface area contributed by atoms with Crippen molar-refractivity contribution >= 4 is 29.1 Å². The molecule has 1 aliphatic rings. The van der Waals surface area contributed by atoms with E-state index in [0.717, 1.165) is 54.9 Å². The van der Waals surface area contributed by atoms with Crippen molar-refractivity contribution in [1.29, 1.82) is 0 Å². The van der Waals surface area contributed by atoms with E-state index in [9.17, 15) is 0 Å². The van der Waals surface area contributed by atoms with Gasteiger partial charge in [0.15, 0.2) is 5.65 Å². The molecule has 7 heteroatoms. The summed E-state index contributed by atoms with van der Waals surface area (Å²) in [6.07, 6.45) is 5.79. The second kappa shape index (κ2) is 7.06. The van der Waals surface area contributed by atoms with E-state index in [1.54, 1.807) is 0 Å². The van der Waals surface area contributed by atoms with E-state index in [1.165, 1.54) is 0 Å². The zero-order valence-electron chi connectivity index (χ0n) is 12.2. The maximum Gasteiger partial charge on any atom is 0.159 e. The van der Waals surface area contributed by atoms with Crippen molar-refractivity contribution < 1.29 is 4.74 Å². The molecule has 1 fully saturated rings. The van der Waals surface area contributed by atoms with Gasteiger partial charge in [-0.05, 0) is 19.8 Å². The number of nitrogens with two attached hydrogens (primary N) is 1. The molecule has 0 atom stereocenters. The molecule has 2 aromatic rings. The van der Waals surface area contributed by atoms with Gasteiger partial charge in [-0.3, -0.25) is 0 Å². The molecule has 1 aliphatic heterocycles. The van der Waals surface area contributed by atoms with E-state index in [1.807, 2.05) is 17.1 Å². The zero-order valence-corrected chi connectivity index (χ0v) is 13.0. The summed E-state index contributed by atoms with van der Waals surface area (Å²) >= 11 is 0. The first kappa shape index (κ1) is 16.0. The van der Waals surface area contributed by atoms with Crippen molar-refractivity contribution in [3.8, 4) is 0 Å². The summed E-state index contributed by atoms with van der Waals surface area (Å²) in [4.78, 5) is 4.49. The zero-order chi connectivity index (χ0) is 13.9. The van der Waals surface area contributed by atoms with Gasteiger partial charge in [0.25, 0.3) is 0 Å². The lowest BCUT2D eigenvalue weighted by Gasteiger charge is -2.25. The molecule has 0 spiro atoms. The lowest BCUT2D eigenvalue weighted by molar-refractivity contribution is 0.0904. The molecule has 0 saturated carbocycles. The SMILES string of the molecule is CCn1ncc2c(NC3CCOCC3)c(CN)cnc21.Cl. The van der Waals surface area contributed by atoms with Gasteiger partial charge in [0.1, 0.15) is 0 Å². The number of aromatic nitrogens is 3. The molecule has 3 heterocycles. The topological polar surface area (TPSA) is 78.0 Å². The van der Waals surface area contributed by atoms with Gasteiger partial charge in [-0.15, -0.1) is 12.4 Å². The van der Waals surface area contributed by atoms with Crippen LogP contribution < -0.4 is 11.1 Å². The minimum absolute atomic E-state index is 0. The number of hydrogen-bond acceptors (Lipinski definition) is 5. The van der Waals surface area contributed by atoms with E-state index in [-0.39, 0.29) is 12.4 Å². The Morgan fingerprint density at radius 3 is 2.81 bits per heavy atom. The molecule has 6 nitrogen and oxygen atoms in total. The Hall–Kier alpha value is -1.37. The number of hydrogen-bond donors (Lipinski definition) is 2. The third-order valence-electron chi connectivity index (χ3n) is 3.83. The molecule has 3 rings (SSSR count). The molecule has 0 radical (unpaired) electrons. The molecule has 116 valence electrons. The van der Waals surface area contributed by atoms with Gasteiger partial charge in [-0.1, -0.05) is 0 Å². The Morgan fingerprint density at radius 1 is 1.38 bits per heavy atom. The number of nitrogens with zero attached hydrogens (tertiary/aromatic N) is 3. The predicted octanol–water partition coefficient (Wildman–Crippen LogP) is 1.92. The average molecular weight is 312 g/mol. The quantitative estimate of drug-likeness (QED) is 0.902. The number of aryl methyl sites for hydroxylation is 1. The largest absolute Gasteiger partial charge is 0.381 e. The summed E-state index contributed by atoms with van der Waals surface area (Å²) in [6.45, 7) is 4.99. The van der Waals surface area contributed by atoms with Crippen LogP contribution >= 0.6 is 12.4 Å². The second-order valence-corrected chi connectivity index (χ2v) is 5.09. The van der Waals surface area contributed by atoms with E-state index in [4.69, 9.17) is 10.5 Å². The fourth-order valence-electron chi connectivity index (χ4n) is 2.67. The maximum atomic E-state index is 5.85. The molecule has 2 aromatic heterocycles. The summed E-state index contributed by atoms with van der Waals surface area (Å²) in [5.74, 6) is 0. The minimum Gasteiger partial charge on any atom is -0.381 e. The summed E-state index contributed by atoms with van der Waals surface area (Å²) in [7, 11) is 0. The van der Waals surface area contributed by atoms with Gasteiger partial charge >= 0.3 is 0 Å². The van der Waals surface area contributed by atoms with Crippen LogP contribution in [0.2, 0.25) is 0 Å². The van der Waals surface area contributed by atoms with E-state index >= 15 is 0 Å². The minimum atomic E-state index is 0. The Labute approximate surface area is 130 Å². The standard InChI is InChI=1S/C14H21N5O.ClH/c1-2-19-14-12(9-17-19)13(10(7-15)8-16-14)18-11-3-5-20-6-4-11;/h8-9,11H,2-7,15H2,1H3,(H,16,18);1H. The first-order valence-corrected chi connectivity index (χ1v) is 7.21. The van der Waals surface area contributed by atoms with Gasteiger partial charge in [0, 0.05) is 44.1 Å². The van der Waals surface area contributed by atoms with Crippen molar-refractivity contribution in [2.75, 3.05) is 18.5 Å². The molecule has 1 saturated heterocycles. The number of ether oxygens (including phenoxy) is 1. The predicted molar refractivity (Wildman–Crippen MR) is 85.8 cm³/mol. The van der Waals surface area contributed by atoms with Crippen LogP contribution in [0.25, 0.3) is 11.0 Å². The highest BCUT2D eigenvalue weighted by Gasteiger charge is 2.18. The van der Waals surface area contributed by atoms with Gasteiger partial charge in [-0.2, -0.15) is 5.10 Å². The van der Waals surface area contributed by atoms with Gasteiger partial charge in [0.2, 0.25) is 0 Å². The molecule has 0 aromatic carbocycles. The van der Waals surface area contributed by atoms with Crippen molar-refractivity contribution in [1.82, 2.24) is 14.8 Å². The summed E-state index contributed by atoms with van der Waals surface area (Å²) in [5, 5.41) is 9.08. The number of nitrogens with one attached hydrogen (secondary N) is 1. The molecule has 3 N–H and O–H groups in total. The summed E-state index contributed by atoms with van der Waals surface area (Å²) in [5.41, 5.74) is 8.90. The smallest absolute Gasteiger partial charge is 0.159 e. The van der Waals surface area contributed by atoms with E-state index < -0.39 is 0 Å². The number of pyridine rings is 1. The van der Waals surface area contributed by atoms with Gasteiger partial charge < -0.3 is 15.8 Å². The molecular weight excluding hydrogens is 290 g/mol. The monoisotopic (exact) mass is 311 g/mol. The number of fused-ring (bicyclic) bond motifs is 1. The van der Waals surface area contributed by atoms with Crippen LogP contribution in [0.15, 0.2) is 12.4 Å². The fraction of sp³-hybridized carbons (Fsp3) is 0.571. The maximum absolute atomic E-state index is 5.85. The third-order valence-corrected chi connectivity index (χ3v) is 3.83. The number of halogens is 1. The first-order chi connectivity index (χ1) is 9.83. The lowest BCUT2D eigenvalue weighted by Crippen LogP contribution is -2.28. The van der Waals surface area contributed by atoms with Crippen molar-refractivity contribution in [3.63, 3.8) is 0 Å². The Kier molecular flexibility index (Phi) is 5.39. The van der Waals surface area contributed by atoms with Crippen LogP contribution in [0.3, 0.4) is 0 Å². The van der Waals surface area contributed by atoms with Crippen LogP contribution in [0.1, 0.15) is 25.3 Å². The van der Waals surface area contributed by atoms with E-state index in [2.05, 4.69) is 22.3 Å². The number of rotatable bonds is 4. The van der Waals surface area contributed by atoms with Crippen molar-refractivity contribution in [2.45, 2.75) is 38.9 Å². The normalized spacial score (nSPS) is 15.9. The van der Waals surface area contributed by atoms with Crippen molar-refractivity contribution in [3.05, 3.63) is 18.0 Å². The van der Waals surface area contributed by atoms with Crippen molar-refractivity contribution in [2.24, 2.45) is 5.73 Å². The van der Waals surface area contributed by atoms with Crippen LogP contribution in [0.4, 0.5) is 5.69 Å². The molecule has 21 heavy (non-hydrogen) atoms. The molecule has 0 aliphatic carbocycles. The van der Waals surface area contributed by atoms with Gasteiger partial charge in [0.05, 0.1) is 17.3 Å². The fourth-order valence-corrected chi connectivity index (χ4v) is 2.67. The first-order valence-electron chi connectivity index (χ1n) is 7.21. The van der Waals surface area contributed by atoms with E-state index in [0.29, 0.717) is 12.6 Å². The Morgan fingerprint density at radius 2 is 2.14 bits per heavy atom. The van der Waals surface area contributed by atoms with Gasteiger partial charge in [-0.25, -0.2) is 9.67 Å². The van der Waals surface area contributed by atoms with Crippen LogP contribution in [-0.2, 0) is 17.8 Å². The highest BCUT2D eigenvalue weighted by molar-refractivity contribution is 5.90. The Bertz CT molecular complexity index is 594. The average Bonchev–Trinajstić information content (AvgIpc) is 2.92. The third kappa shape index (κ3) is 3.12. The summed E-state index contributed by atoms with van der Waals surface area (Å²) < 4.78 is 7.32. The molecule has 0 bridgehead atoms. The Balaban J connectivity index is 0.00000161. The number of anilines is 1. The second-order valence-electron chi connectivity index (χ2n) is 5.09. The van der Waals surface area contributed by atoms with Crippen LogP contribution in [0, 0.1) is 0 Å². The van der Waals surface area contributed by atoms with Crippen LogP contribution in [0.5, 0.6) is 0 Å². The highest BCUT2D eigenvalue weighted by atomic mass is 35.5. The highest BCUT2D eigenvalue weighted by Crippen LogP contribution is 2.27. The molecular formula is C14H22ClN5O. The summed E-state index contributed by atoms with van der Waals surface area (Å²) in [6, 6.07) is 0.435. The lowest BCUT2D eigenvalue weighted by atomic mass is 10.1. The van der Waals surface area contributed by atoms with Crippen LogP contribution in [-0.4, -0.2) is 34.0 Å². The molecule has 0 unspecified atom stereocenters. The molecule has 0 amide bonds.